The molecule has 3 N–H and O–H groups in total. The lowest BCUT2D eigenvalue weighted by Gasteiger charge is -2.17. The average molecular weight is 368 g/mol. The highest BCUT2D eigenvalue weighted by Crippen LogP contribution is 2.26. The summed E-state index contributed by atoms with van der Waals surface area (Å²) in [5, 5.41) is 3.07. The number of carbonyl (C=O) groups is 1. The molecule has 0 radical (unpaired) electrons. The lowest BCUT2D eigenvalue weighted by Crippen LogP contribution is -2.45. The summed E-state index contributed by atoms with van der Waals surface area (Å²) in [6.07, 6.45) is 1.88. The van der Waals surface area contributed by atoms with Crippen LogP contribution in [-0.2, 0) is 4.79 Å². The fraction of sp³-hybridized carbons (Fsp3) is 0.476. The summed E-state index contributed by atoms with van der Waals surface area (Å²) < 4.78 is 5.65. The summed E-state index contributed by atoms with van der Waals surface area (Å²) in [7, 11) is 0. The van der Waals surface area contributed by atoms with Gasteiger partial charge in [0.2, 0.25) is 5.91 Å². The fourth-order valence-corrected chi connectivity index (χ4v) is 4.05. The van der Waals surface area contributed by atoms with E-state index in [9.17, 15) is 4.79 Å². The number of furan rings is 1. The normalized spacial score (nSPS) is 25.7. The van der Waals surface area contributed by atoms with Crippen molar-refractivity contribution in [3.8, 4) is 0 Å². The van der Waals surface area contributed by atoms with E-state index in [1.54, 1.807) is 0 Å². The molecule has 2 fully saturated rings. The van der Waals surface area contributed by atoms with Crippen molar-refractivity contribution in [3.05, 3.63) is 59.5 Å². The van der Waals surface area contributed by atoms with Gasteiger partial charge in [-0.05, 0) is 49.9 Å². The second kappa shape index (κ2) is 8.25. The third kappa shape index (κ3) is 4.40. The lowest BCUT2D eigenvalue weighted by molar-refractivity contribution is -0.122. The SMILES string of the molecule is Cc1ccc(C2CC(C(=O)NCCN3CCC(c4ccccc4)C3)NN2)o1. The maximum absolute atomic E-state index is 12.4. The molecule has 0 aliphatic carbocycles. The zero-order valence-electron chi connectivity index (χ0n) is 15.8. The smallest absolute Gasteiger partial charge is 0.238 e. The van der Waals surface area contributed by atoms with Crippen molar-refractivity contribution in [2.45, 2.75) is 37.8 Å². The number of carbonyl (C=O) groups excluding carboxylic acids is 1. The van der Waals surface area contributed by atoms with Crippen molar-refractivity contribution in [1.82, 2.24) is 21.1 Å². The lowest BCUT2D eigenvalue weighted by atomic mass is 9.99. The highest BCUT2D eigenvalue weighted by atomic mass is 16.3. The van der Waals surface area contributed by atoms with Crippen LogP contribution >= 0.6 is 0 Å². The standard InChI is InChI=1S/C21H28N4O2/c1-15-7-8-20(27-15)18-13-19(24-23-18)21(26)22-10-12-25-11-9-17(14-25)16-5-3-2-4-6-16/h2-8,17-19,23-24H,9-14H2,1H3,(H,22,26). The number of hydrogen-bond acceptors (Lipinski definition) is 5. The molecule has 0 bridgehead atoms. The Balaban J connectivity index is 1.18. The van der Waals surface area contributed by atoms with Crippen molar-refractivity contribution in [2.24, 2.45) is 0 Å². The second-order valence-electron chi connectivity index (χ2n) is 7.57. The van der Waals surface area contributed by atoms with E-state index in [0.29, 0.717) is 18.9 Å². The molecule has 3 heterocycles. The highest BCUT2D eigenvalue weighted by Gasteiger charge is 2.31. The van der Waals surface area contributed by atoms with Gasteiger partial charge >= 0.3 is 0 Å². The van der Waals surface area contributed by atoms with Gasteiger partial charge in [-0.25, -0.2) is 10.9 Å². The number of amides is 1. The van der Waals surface area contributed by atoms with Crippen LogP contribution in [0.1, 0.15) is 41.9 Å². The van der Waals surface area contributed by atoms with E-state index in [4.69, 9.17) is 4.42 Å². The van der Waals surface area contributed by atoms with Crippen LogP contribution in [0, 0.1) is 6.92 Å². The zero-order chi connectivity index (χ0) is 18.6. The number of nitrogens with zero attached hydrogens (tertiary/aromatic N) is 1. The summed E-state index contributed by atoms with van der Waals surface area (Å²) in [5.41, 5.74) is 7.66. The summed E-state index contributed by atoms with van der Waals surface area (Å²) in [5.74, 6) is 2.42. The van der Waals surface area contributed by atoms with Crippen molar-refractivity contribution < 1.29 is 9.21 Å². The Kier molecular flexibility index (Phi) is 5.57. The molecule has 1 amide bonds. The van der Waals surface area contributed by atoms with E-state index in [1.165, 1.54) is 12.0 Å². The van der Waals surface area contributed by atoms with Crippen LogP contribution in [0.15, 0.2) is 46.9 Å². The van der Waals surface area contributed by atoms with Gasteiger partial charge in [0.05, 0.1) is 6.04 Å². The summed E-state index contributed by atoms with van der Waals surface area (Å²) in [6.45, 7) is 5.68. The first kappa shape index (κ1) is 18.2. The molecule has 1 aromatic heterocycles. The number of nitrogens with one attached hydrogen (secondary N) is 3. The van der Waals surface area contributed by atoms with Crippen molar-refractivity contribution in [3.63, 3.8) is 0 Å². The Labute approximate surface area is 160 Å². The molecule has 0 spiro atoms. The number of aryl methyl sites for hydroxylation is 1. The van der Waals surface area contributed by atoms with Gasteiger partial charge in [-0.15, -0.1) is 0 Å². The van der Waals surface area contributed by atoms with Crippen LogP contribution < -0.4 is 16.2 Å². The minimum atomic E-state index is -0.226. The molecular formula is C21H28N4O2. The Morgan fingerprint density at radius 2 is 2.07 bits per heavy atom. The largest absolute Gasteiger partial charge is 0.465 e. The average Bonchev–Trinajstić information content (AvgIpc) is 3.43. The van der Waals surface area contributed by atoms with Crippen LogP contribution in [-0.4, -0.2) is 43.0 Å². The first-order valence-corrected chi connectivity index (χ1v) is 9.81. The molecule has 6 nitrogen and oxygen atoms in total. The van der Waals surface area contributed by atoms with Gasteiger partial charge in [0, 0.05) is 19.6 Å². The van der Waals surface area contributed by atoms with E-state index in [0.717, 1.165) is 31.2 Å². The Morgan fingerprint density at radius 1 is 1.22 bits per heavy atom. The first-order chi connectivity index (χ1) is 13.2. The molecule has 2 saturated heterocycles. The molecule has 6 heteroatoms. The fourth-order valence-electron chi connectivity index (χ4n) is 4.05. The maximum Gasteiger partial charge on any atom is 0.238 e. The van der Waals surface area contributed by atoms with Gasteiger partial charge in [0.25, 0.3) is 0 Å². The van der Waals surface area contributed by atoms with Gasteiger partial charge in [0.1, 0.15) is 17.6 Å². The van der Waals surface area contributed by atoms with Gasteiger partial charge in [-0.2, -0.15) is 0 Å². The molecule has 4 rings (SSSR count). The molecule has 144 valence electrons. The van der Waals surface area contributed by atoms with Crippen molar-refractivity contribution in [1.29, 1.82) is 0 Å². The van der Waals surface area contributed by atoms with Crippen LogP contribution in [0.3, 0.4) is 0 Å². The number of rotatable bonds is 6. The zero-order valence-corrected chi connectivity index (χ0v) is 15.8. The molecule has 3 unspecified atom stereocenters. The van der Waals surface area contributed by atoms with Gasteiger partial charge in [-0.3, -0.25) is 4.79 Å². The third-order valence-corrected chi connectivity index (χ3v) is 5.59. The molecule has 2 aliphatic rings. The van der Waals surface area contributed by atoms with Gasteiger partial charge < -0.3 is 14.6 Å². The predicted molar refractivity (Wildman–Crippen MR) is 104 cm³/mol. The van der Waals surface area contributed by atoms with Crippen molar-refractivity contribution >= 4 is 5.91 Å². The number of hydrazine groups is 1. The van der Waals surface area contributed by atoms with Crippen molar-refractivity contribution in [2.75, 3.05) is 26.2 Å². The molecular weight excluding hydrogens is 340 g/mol. The second-order valence-corrected chi connectivity index (χ2v) is 7.57. The number of likely N-dealkylation sites (tertiary alicyclic amines) is 1. The van der Waals surface area contributed by atoms with E-state index in [2.05, 4.69) is 51.4 Å². The Morgan fingerprint density at radius 3 is 2.85 bits per heavy atom. The summed E-state index contributed by atoms with van der Waals surface area (Å²) in [4.78, 5) is 14.9. The highest BCUT2D eigenvalue weighted by molar-refractivity contribution is 5.82. The molecule has 2 aliphatic heterocycles. The molecule has 1 aromatic carbocycles. The predicted octanol–water partition coefficient (Wildman–Crippen LogP) is 2.10. The van der Waals surface area contributed by atoms with E-state index < -0.39 is 0 Å². The van der Waals surface area contributed by atoms with Crippen LogP contribution in [0.4, 0.5) is 0 Å². The summed E-state index contributed by atoms with van der Waals surface area (Å²) >= 11 is 0. The summed E-state index contributed by atoms with van der Waals surface area (Å²) in [6, 6.07) is 14.4. The maximum atomic E-state index is 12.4. The third-order valence-electron chi connectivity index (χ3n) is 5.59. The molecule has 0 saturated carbocycles. The topological polar surface area (TPSA) is 69.5 Å². The molecule has 27 heavy (non-hydrogen) atoms. The van der Waals surface area contributed by atoms with Gasteiger partial charge in [0.15, 0.2) is 0 Å². The number of hydrogen-bond donors (Lipinski definition) is 3. The monoisotopic (exact) mass is 368 g/mol. The van der Waals surface area contributed by atoms with E-state index in [-0.39, 0.29) is 18.0 Å². The number of benzene rings is 1. The molecule has 2 aromatic rings. The quantitative estimate of drug-likeness (QED) is 0.729. The van der Waals surface area contributed by atoms with Gasteiger partial charge in [-0.1, -0.05) is 30.3 Å². The Bertz CT molecular complexity index is 761. The first-order valence-electron chi connectivity index (χ1n) is 9.81. The van der Waals surface area contributed by atoms with E-state index >= 15 is 0 Å². The van der Waals surface area contributed by atoms with E-state index in [1.807, 2.05) is 19.1 Å². The van der Waals surface area contributed by atoms with Crippen LogP contribution in [0.2, 0.25) is 0 Å². The van der Waals surface area contributed by atoms with Crippen LogP contribution in [0.5, 0.6) is 0 Å². The Hall–Kier alpha value is -2.15. The minimum absolute atomic E-state index is 0.0414. The minimum Gasteiger partial charge on any atom is -0.465 e. The molecule has 3 atom stereocenters. The van der Waals surface area contributed by atoms with Crippen LogP contribution in [0.25, 0.3) is 0 Å².